The zero-order valence-corrected chi connectivity index (χ0v) is 18.3. The Labute approximate surface area is 201 Å². The summed E-state index contributed by atoms with van der Waals surface area (Å²) >= 11 is 0. The van der Waals surface area contributed by atoms with E-state index in [1.54, 1.807) is 12.1 Å². The molecule has 0 aliphatic carbocycles. The molecule has 2 aromatic carbocycles. The van der Waals surface area contributed by atoms with Gasteiger partial charge in [-0.2, -0.15) is 4.98 Å². The third-order valence-corrected chi connectivity index (χ3v) is 4.07. The van der Waals surface area contributed by atoms with Crippen LogP contribution >= 0.6 is 0 Å². The second-order valence-corrected chi connectivity index (χ2v) is 5.75. The number of nitrogens with zero attached hydrogens (tertiary/aromatic N) is 2. The van der Waals surface area contributed by atoms with Crippen molar-refractivity contribution in [3.8, 4) is 28.6 Å². The number of hydrogen-bond acceptors (Lipinski definition) is 6. The van der Waals surface area contributed by atoms with Crippen molar-refractivity contribution in [2.45, 2.75) is 13.2 Å². The summed E-state index contributed by atoms with van der Waals surface area (Å²) in [6, 6.07) is 7.61. The Kier molecular flexibility index (Phi) is 7.85. The van der Waals surface area contributed by atoms with E-state index in [-0.39, 0.29) is 76.3 Å². The first-order chi connectivity index (χ1) is 12.9. The molecule has 2 N–H and O–H groups in total. The van der Waals surface area contributed by atoms with E-state index < -0.39 is 12.4 Å². The molecule has 0 fully saturated rings. The maximum Gasteiger partial charge on any atom is 1.00 e. The predicted molar refractivity (Wildman–Crippen MR) is 92.3 cm³/mol. The van der Waals surface area contributed by atoms with Crippen molar-refractivity contribution in [1.29, 1.82) is 0 Å². The molecule has 0 unspecified atom stereocenters. The summed E-state index contributed by atoms with van der Waals surface area (Å²) in [5, 5.41) is 22.7. The molecule has 0 saturated heterocycles. The first kappa shape index (κ1) is 23.1. The maximum atomic E-state index is 12.7. The van der Waals surface area contributed by atoms with Gasteiger partial charge in [0.05, 0.1) is 20.3 Å². The number of benzene rings is 2. The minimum absolute atomic E-state index is 0. The summed E-state index contributed by atoms with van der Waals surface area (Å²) < 4.78 is 48.6. The number of aromatic nitrogens is 2. The Morgan fingerprint density at radius 2 is 1.71 bits per heavy atom. The second kappa shape index (κ2) is 9.53. The minimum Gasteiger partial charge on any atom is -0.496 e. The molecule has 0 radical (unpaired) electrons. The molecule has 3 rings (SSSR count). The Balaban J connectivity index is 0.00000280. The van der Waals surface area contributed by atoms with Gasteiger partial charge >= 0.3 is 58.4 Å². The van der Waals surface area contributed by atoms with Gasteiger partial charge in [0.2, 0.25) is 5.82 Å². The van der Waals surface area contributed by atoms with E-state index in [2.05, 4.69) is 10.1 Å². The minimum atomic E-state index is -5.07. The van der Waals surface area contributed by atoms with Crippen LogP contribution in [-0.4, -0.2) is 34.4 Å². The van der Waals surface area contributed by atoms with Crippen LogP contribution in [0.3, 0.4) is 0 Å². The Bertz CT molecular complexity index is 923. The first-order valence-corrected chi connectivity index (χ1v) is 7.93. The van der Waals surface area contributed by atoms with Gasteiger partial charge in [0.1, 0.15) is 5.75 Å². The fourth-order valence-electron chi connectivity index (χ4n) is 2.64. The van der Waals surface area contributed by atoms with Gasteiger partial charge in [0, 0.05) is 16.7 Å². The zero-order valence-electron chi connectivity index (χ0n) is 15.2. The third-order valence-electron chi connectivity index (χ3n) is 4.07. The number of rotatable bonds is 6. The maximum absolute atomic E-state index is 12.7. The van der Waals surface area contributed by atoms with Crippen LogP contribution < -0.4 is 61.6 Å². The van der Waals surface area contributed by atoms with Gasteiger partial charge in [-0.1, -0.05) is 29.4 Å². The van der Waals surface area contributed by atoms with E-state index >= 15 is 0 Å². The summed E-state index contributed by atoms with van der Waals surface area (Å²) in [4.78, 5) is 4.20. The monoisotopic (exact) mass is 418 g/mol. The van der Waals surface area contributed by atoms with E-state index in [9.17, 15) is 23.2 Å². The molecule has 0 aliphatic rings. The zero-order chi connectivity index (χ0) is 19.6. The van der Waals surface area contributed by atoms with Crippen molar-refractivity contribution in [3.05, 3.63) is 47.5 Å². The number of methoxy groups -OCH3 is 1. The smallest absolute Gasteiger partial charge is 0.496 e. The molecule has 11 heteroatoms. The number of halogens is 3. The predicted octanol–water partition coefficient (Wildman–Crippen LogP) is -0.545. The normalized spacial score (nSPS) is 11.2. The molecule has 3 aromatic rings. The fourth-order valence-corrected chi connectivity index (χ4v) is 2.64. The summed E-state index contributed by atoms with van der Waals surface area (Å²) in [6.07, 6.45) is 0. The average molecular weight is 418 g/mol. The van der Waals surface area contributed by atoms with E-state index in [4.69, 9.17) is 9.26 Å². The SMILES string of the molecule is COc1cc(-c2nc(-c3ccc([B-](F)(F)F)cc3)no2)cc(CO)c1CO.[K+]. The van der Waals surface area contributed by atoms with Crippen molar-refractivity contribution in [2.75, 3.05) is 7.11 Å². The van der Waals surface area contributed by atoms with Gasteiger partial charge in [0.25, 0.3) is 5.89 Å². The van der Waals surface area contributed by atoms with Crippen LogP contribution in [-0.2, 0) is 13.2 Å². The molecule has 28 heavy (non-hydrogen) atoms. The summed E-state index contributed by atoms with van der Waals surface area (Å²) in [7, 11) is 1.42. The van der Waals surface area contributed by atoms with Crippen molar-refractivity contribution in [3.63, 3.8) is 0 Å². The van der Waals surface area contributed by atoms with E-state index in [1.807, 2.05) is 0 Å². The molecule has 0 aliphatic heterocycles. The topological polar surface area (TPSA) is 88.6 Å². The van der Waals surface area contributed by atoms with Gasteiger partial charge in [-0.15, -0.1) is 5.46 Å². The molecule has 1 heterocycles. The van der Waals surface area contributed by atoms with Gasteiger partial charge in [-0.3, -0.25) is 0 Å². The Morgan fingerprint density at radius 3 is 2.25 bits per heavy atom. The Hall–Kier alpha value is -1.21. The molecule has 0 atom stereocenters. The molecular formula is C17H15BF3KN2O4. The van der Waals surface area contributed by atoms with Crippen LogP contribution in [0.15, 0.2) is 40.9 Å². The van der Waals surface area contributed by atoms with Crippen molar-refractivity contribution in [2.24, 2.45) is 0 Å². The van der Waals surface area contributed by atoms with Crippen molar-refractivity contribution < 1.29 is 83.8 Å². The molecule has 0 amide bonds. The van der Waals surface area contributed by atoms with Crippen LogP contribution in [0.2, 0.25) is 0 Å². The van der Waals surface area contributed by atoms with Gasteiger partial charge in [-0.05, 0) is 17.7 Å². The van der Waals surface area contributed by atoms with E-state index in [0.29, 0.717) is 28.0 Å². The van der Waals surface area contributed by atoms with Gasteiger partial charge in [-0.25, -0.2) is 0 Å². The molecular weight excluding hydrogens is 403 g/mol. The van der Waals surface area contributed by atoms with Crippen molar-refractivity contribution in [1.82, 2.24) is 10.1 Å². The number of aliphatic hydroxyl groups excluding tert-OH is 2. The second-order valence-electron chi connectivity index (χ2n) is 5.75. The summed E-state index contributed by atoms with van der Waals surface area (Å²) in [6.45, 7) is -5.72. The quantitative estimate of drug-likeness (QED) is 0.523. The Morgan fingerprint density at radius 1 is 1.04 bits per heavy atom. The molecule has 6 nitrogen and oxygen atoms in total. The van der Waals surface area contributed by atoms with Crippen LogP contribution in [0.4, 0.5) is 12.9 Å². The van der Waals surface area contributed by atoms with E-state index in [0.717, 1.165) is 12.1 Å². The van der Waals surface area contributed by atoms with E-state index in [1.165, 1.54) is 19.2 Å². The standard InChI is InChI=1S/C17H15BF3N2O4.K/c1-26-15-7-11(6-12(8-24)14(15)9-25)17-22-16(23-27-17)10-2-4-13(5-3-10)18(19,20)21;/h2-7,24-25H,8-9H2,1H3;/q-1;+1. The van der Waals surface area contributed by atoms with Gasteiger partial charge in [0.15, 0.2) is 0 Å². The summed E-state index contributed by atoms with van der Waals surface area (Å²) in [5.41, 5.74) is 0.980. The van der Waals surface area contributed by atoms with Crippen molar-refractivity contribution >= 4 is 12.4 Å². The molecule has 0 bridgehead atoms. The molecule has 1 aromatic heterocycles. The number of ether oxygens (including phenoxy) is 1. The number of hydrogen-bond donors (Lipinski definition) is 2. The molecule has 0 spiro atoms. The third kappa shape index (κ3) is 4.85. The largest absolute Gasteiger partial charge is 1.00 e. The molecule has 0 saturated carbocycles. The van der Waals surface area contributed by atoms with Crippen LogP contribution in [0.1, 0.15) is 11.1 Å². The number of aliphatic hydroxyl groups is 2. The van der Waals surface area contributed by atoms with Crippen LogP contribution in [0.5, 0.6) is 5.75 Å². The van der Waals surface area contributed by atoms with Crippen LogP contribution in [0.25, 0.3) is 22.8 Å². The first-order valence-electron chi connectivity index (χ1n) is 7.93. The van der Waals surface area contributed by atoms with Gasteiger partial charge < -0.3 is 32.4 Å². The molecule has 142 valence electrons. The summed E-state index contributed by atoms with van der Waals surface area (Å²) in [5.74, 6) is 0.573. The average Bonchev–Trinajstić information content (AvgIpc) is 3.16. The fraction of sp³-hybridized carbons (Fsp3) is 0.176. The van der Waals surface area contributed by atoms with Crippen LogP contribution in [0, 0.1) is 0 Å².